The average molecular weight is 267 g/mol. The lowest BCUT2D eigenvalue weighted by Gasteiger charge is -2.07. The number of hydrogen-bond acceptors (Lipinski definition) is 3. The minimum absolute atomic E-state index is 0.0306. The second-order valence-corrected chi connectivity index (χ2v) is 4.55. The van der Waals surface area contributed by atoms with E-state index < -0.39 is 0 Å². The summed E-state index contributed by atoms with van der Waals surface area (Å²) in [5, 5.41) is 0. The standard InChI is InChI=1S/C17H17NO2/c1-12-9-10-16(18-13(2)20-3)15(11-12)17(19)14-7-5-4-6-8-14/h4-11H,1-3H3. The first-order chi connectivity index (χ1) is 9.61. The average Bonchev–Trinajstić information content (AvgIpc) is 2.49. The monoisotopic (exact) mass is 267 g/mol. The van der Waals surface area contributed by atoms with E-state index >= 15 is 0 Å². The number of ether oxygens (including phenoxy) is 1. The van der Waals surface area contributed by atoms with E-state index in [2.05, 4.69) is 4.99 Å². The van der Waals surface area contributed by atoms with Crippen LogP contribution in [-0.4, -0.2) is 18.8 Å². The number of carbonyl (C=O) groups is 1. The van der Waals surface area contributed by atoms with Crippen molar-refractivity contribution in [1.82, 2.24) is 0 Å². The van der Waals surface area contributed by atoms with E-state index in [0.717, 1.165) is 5.56 Å². The minimum Gasteiger partial charge on any atom is -0.484 e. The number of aliphatic imine (C=N–C) groups is 1. The van der Waals surface area contributed by atoms with Crippen LogP contribution < -0.4 is 0 Å². The fourth-order valence-corrected chi connectivity index (χ4v) is 1.89. The number of methoxy groups -OCH3 is 1. The fourth-order valence-electron chi connectivity index (χ4n) is 1.89. The lowest BCUT2D eigenvalue weighted by Crippen LogP contribution is -2.03. The predicted molar refractivity (Wildman–Crippen MR) is 80.8 cm³/mol. The summed E-state index contributed by atoms with van der Waals surface area (Å²) in [6, 6.07) is 14.8. The molecule has 3 heteroatoms. The summed E-state index contributed by atoms with van der Waals surface area (Å²) in [6.45, 7) is 3.72. The number of hydrogen-bond donors (Lipinski definition) is 0. The lowest BCUT2D eigenvalue weighted by atomic mass is 10.00. The first-order valence-corrected chi connectivity index (χ1v) is 6.41. The highest BCUT2D eigenvalue weighted by molar-refractivity contribution is 6.12. The van der Waals surface area contributed by atoms with Gasteiger partial charge in [0.15, 0.2) is 11.7 Å². The van der Waals surface area contributed by atoms with Gasteiger partial charge in [-0.3, -0.25) is 4.79 Å². The summed E-state index contributed by atoms with van der Waals surface area (Å²) < 4.78 is 5.06. The van der Waals surface area contributed by atoms with Crippen LogP contribution in [0.1, 0.15) is 28.4 Å². The second-order valence-electron chi connectivity index (χ2n) is 4.55. The van der Waals surface area contributed by atoms with Gasteiger partial charge < -0.3 is 4.74 Å². The van der Waals surface area contributed by atoms with E-state index in [9.17, 15) is 4.79 Å². The molecule has 102 valence electrons. The molecule has 0 aromatic heterocycles. The number of rotatable bonds is 3. The topological polar surface area (TPSA) is 38.7 Å². The van der Waals surface area contributed by atoms with Crippen molar-refractivity contribution < 1.29 is 9.53 Å². The number of nitrogens with zero attached hydrogens (tertiary/aromatic N) is 1. The van der Waals surface area contributed by atoms with Crippen molar-refractivity contribution in [3.8, 4) is 0 Å². The van der Waals surface area contributed by atoms with Gasteiger partial charge in [-0.1, -0.05) is 42.0 Å². The second kappa shape index (κ2) is 6.15. The predicted octanol–water partition coefficient (Wildman–Crippen LogP) is 3.92. The first-order valence-electron chi connectivity index (χ1n) is 6.41. The molecule has 20 heavy (non-hydrogen) atoms. The van der Waals surface area contributed by atoms with Gasteiger partial charge in [-0.15, -0.1) is 0 Å². The summed E-state index contributed by atoms with van der Waals surface area (Å²) in [7, 11) is 1.56. The summed E-state index contributed by atoms with van der Waals surface area (Å²) >= 11 is 0. The van der Waals surface area contributed by atoms with Crippen LogP contribution in [0.25, 0.3) is 0 Å². The molecule has 0 N–H and O–H groups in total. The highest BCUT2D eigenvalue weighted by atomic mass is 16.5. The Hall–Kier alpha value is -2.42. The third kappa shape index (κ3) is 3.12. The molecule has 0 amide bonds. The Morgan fingerprint density at radius 3 is 2.45 bits per heavy atom. The van der Waals surface area contributed by atoms with Crippen molar-refractivity contribution in [3.63, 3.8) is 0 Å². The van der Waals surface area contributed by atoms with Crippen molar-refractivity contribution in [1.29, 1.82) is 0 Å². The Labute approximate surface area is 118 Å². The van der Waals surface area contributed by atoms with Crippen molar-refractivity contribution >= 4 is 17.4 Å². The summed E-state index contributed by atoms with van der Waals surface area (Å²) in [4.78, 5) is 16.9. The molecule has 0 fully saturated rings. The van der Waals surface area contributed by atoms with Crippen LogP contribution >= 0.6 is 0 Å². The molecule has 3 nitrogen and oxygen atoms in total. The maximum atomic E-state index is 12.6. The smallest absolute Gasteiger partial charge is 0.195 e. The number of aryl methyl sites for hydroxylation is 1. The molecule has 0 saturated heterocycles. The molecular weight excluding hydrogens is 250 g/mol. The SMILES string of the molecule is COC(C)=Nc1ccc(C)cc1C(=O)c1ccccc1. The van der Waals surface area contributed by atoms with Gasteiger partial charge in [0.2, 0.25) is 0 Å². The molecule has 2 aromatic rings. The van der Waals surface area contributed by atoms with Crippen molar-refractivity contribution in [3.05, 3.63) is 65.2 Å². The van der Waals surface area contributed by atoms with E-state index in [-0.39, 0.29) is 5.78 Å². The van der Waals surface area contributed by atoms with Gasteiger partial charge in [0, 0.05) is 18.1 Å². The number of carbonyl (C=O) groups excluding carboxylic acids is 1. The molecule has 0 atom stereocenters. The lowest BCUT2D eigenvalue weighted by molar-refractivity contribution is 0.103. The zero-order valence-corrected chi connectivity index (χ0v) is 11.9. The molecule has 0 aliphatic rings. The Morgan fingerprint density at radius 1 is 1.10 bits per heavy atom. The first kappa shape index (κ1) is 14.0. The largest absolute Gasteiger partial charge is 0.484 e. The highest BCUT2D eigenvalue weighted by Gasteiger charge is 2.13. The molecule has 0 spiro atoms. The van der Waals surface area contributed by atoms with Crippen LogP contribution in [0.3, 0.4) is 0 Å². The molecule has 0 unspecified atom stereocenters. The van der Waals surface area contributed by atoms with Crippen LogP contribution in [0.5, 0.6) is 0 Å². The molecule has 0 heterocycles. The maximum absolute atomic E-state index is 12.6. The maximum Gasteiger partial charge on any atom is 0.195 e. The molecule has 2 rings (SSSR count). The third-order valence-electron chi connectivity index (χ3n) is 3.01. The van der Waals surface area contributed by atoms with Gasteiger partial charge in [-0.05, 0) is 19.1 Å². The molecule has 0 aliphatic heterocycles. The molecule has 0 bridgehead atoms. The molecule has 2 aromatic carbocycles. The van der Waals surface area contributed by atoms with Gasteiger partial charge in [0.25, 0.3) is 0 Å². The zero-order valence-electron chi connectivity index (χ0n) is 11.9. The third-order valence-corrected chi connectivity index (χ3v) is 3.01. The van der Waals surface area contributed by atoms with Crippen LogP contribution in [0.2, 0.25) is 0 Å². The molecule has 0 aliphatic carbocycles. The minimum atomic E-state index is -0.0306. The highest BCUT2D eigenvalue weighted by Crippen LogP contribution is 2.24. The Bertz CT molecular complexity index is 645. The Kier molecular flexibility index (Phi) is 4.31. The van der Waals surface area contributed by atoms with Gasteiger partial charge in [0.1, 0.15) is 0 Å². The van der Waals surface area contributed by atoms with Crippen LogP contribution in [0.4, 0.5) is 5.69 Å². The van der Waals surface area contributed by atoms with Gasteiger partial charge in [-0.2, -0.15) is 0 Å². The fraction of sp³-hybridized carbons (Fsp3) is 0.176. The van der Waals surface area contributed by atoms with Crippen molar-refractivity contribution in [2.45, 2.75) is 13.8 Å². The van der Waals surface area contributed by atoms with Gasteiger partial charge >= 0.3 is 0 Å². The van der Waals surface area contributed by atoms with E-state index in [1.54, 1.807) is 26.2 Å². The molecule has 0 radical (unpaired) electrons. The quantitative estimate of drug-likeness (QED) is 0.480. The molecule has 0 saturated carbocycles. The number of benzene rings is 2. The number of ketones is 1. The molecular formula is C17H17NO2. The summed E-state index contributed by atoms with van der Waals surface area (Å²) in [5.74, 6) is 0.493. The Morgan fingerprint density at radius 2 is 1.80 bits per heavy atom. The normalized spacial score (nSPS) is 11.2. The van der Waals surface area contributed by atoms with Crippen LogP contribution in [-0.2, 0) is 4.74 Å². The van der Waals surface area contributed by atoms with Crippen LogP contribution in [0, 0.1) is 6.92 Å². The van der Waals surface area contributed by atoms with Gasteiger partial charge in [0.05, 0.1) is 12.8 Å². The van der Waals surface area contributed by atoms with Crippen molar-refractivity contribution in [2.75, 3.05) is 7.11 Å². The Balaban J connectivity index is 2.50. The summed E-state index contributed by atoms with van der Waals surface area (Å²) in [6.07, 6.45) is 0. The van der Waals surface area contributed by atoms with E-state index in [1.165, 1.54) is 0 Å². The van der Waals surface area contributed by atoms with E-state index in [0.29, 0.717) is 22.7 Å². The van der Waals surface area contributed by atoms with E-state index in [4.69, 9.17) is 4.74 Å². The summed E-state index contributed by atoms with van der Waals surface area (Å²) in [5.41, 5.74) is 2.90. The van der Waals surface area contributed by atoms with Crippen molar-refractivity contribution in [2.24, 2.45) is 4.99 Å². The zero-order chi connectivity index (χ0) is 14.5. The van der Waals surface area contributed by atoms with Crippen LogP contribution in [0.15, 0.2) is 53.5 Å². The van der Waals surface area contributed by atoms with E-state index in [1.807, 2.05) is 43.3 Å². The van der Waals surface area contributed by atoms with Gasteiger partial charge in [-0.25, -0.2) is 4.99 Å².